The molecule has 1 aromatic carbocycles. The zero-order valence-electron chi connectivity index (χ0n) is 13.9. The minimum Gasteiger partial charge on any atom is -0.462 e. The molecule has 0 saturated carbocycles. The Morgan fingerprint density at radius 1 is 1.28 bits per heavy atom. The molecule has 0 radical (unpaired) electrons. The van der Waals surface area contributed by atoms with Gasteiger partial charge in [0.25, 0.3) is 5.91 Å². The van der Waals surface area contributed by atoms with Crippen LogP contribution in [0.25, 0.3) is 5.69 Å². The highest BCUT2D eigenvalue weighted by Gasteiger charge is 2.16. The summed E-state index contributed by atoms with van der Waals surface area (Å²) in [7, 11) is 0. The first-order chi connectivity index (χ1) is 12.1. The number of nitrogens with zero attached hydrogens (tertiary/aromatic N) is 2. The Kier molecular flexibility index (Phi) is 4.95. The number of carbonyl (C=O) groups excluding carboxylic acids is 2. The molecule has 0 fully saturated rings. The molecule has 0 saturated heterocycles. The Hall–Kier alpha value is -2.93. The molecule has 1 amide bonds. The molecule has 2 heterocycles. The molecule has 0 aliphatic carbocycles. The van der Waals surface area contributed by atoms with Crippen molar-refractivity contribution in [3.05, 3.63) is 64.8 Å². The minimum atomic E-state index is -0.369. The van der Waals surface area contributed by atoms with Crippen molar-refractivity contribution in [1.82, 2.24) is 9.78 Å². The maximum atomic E-state index is 12.5. The summed E-state index contributed by atoms with van der Waals surface area (Å²) >= 11 is 1.21. The molecule has 0 spiro atoms. The number of rotatable bonds is 5. The Bertz CT molecular complexity index is 900. The molecule has 7 heteroatoms. The van der Waals surface area contributed by atoms with Gasteiger partial charge in [0.2, 0.25) is 0 Å². The van der Waals surface area contributed by atoms with E-state index in [2.05, 4.69) is 10.4 Å². The molecule has 0 bridgehead atoms. The number of hydrogen-bond donors (Lipinski definition) is 1. The molecule has 2 aromatic heterocycles. The number of ether oxygens (including phenoxy) is 1. The molecule has 6 nitrogen and oxygen atoms in total. The van der Waals surface area contributed by atoms with Gasteiger partial charge in [0.1, 0.15) is 4.88 Å². The molecule has 0 atom stereocenters. The van der Waals surface area contributed by atoms with Crippen molar-refractivity contribution in [2.24, 2.45) is 0 Å². The first-order valence-electron chi connectivity index (χ1n) is 7.77. The molecule has 1 N–H and O–H groups in total. The number of benzene rings is 1. The van der Waals surface area contributed by atoms with Gasteiger partial charge in [0.15, 0.2) is 0 Å². The lowest BCUT2D eigenvalue weighted by molar-refractivity contribution is 0.0531. The van der Waals surface area contributed by atoms with E-state index in [1.54, 1.807) is 42.1 Å². The second-order valence-electron chi connectivity index (χ2n) is 5.30. The van der Waals surface area contributed by atoms with Crippen LogP contribution < -0.4 is 5.32 Å². The SMILES string of the molecule is CCOC(=O)c1sc(NC(=O)c2cccc(-n3cccn3)c2)cc1C. The normalized spacial score (nSPS) is 10.5. The van der Waals surface area contributed by atoms with Gasteiger partial charge in [-0.3, -0.25) is 4.79 Å². The number of nitrogens with one attached hydrogen (secondary N) is 1. The van der Waals surface area contributed by atoms with E-state index in [0.717, 1.165) is 11.3 Å². The number of aromatic nitrogens is 2. The van der Waals surface area contributed by atoms with Crippen molar-refractivity contribution in [2.75, 3.05) is 11.9 Å². The van der Waals surface area contributed by atoms with Gasteiger partial charge in [-0.05, 0) is 49.7 Å². The molecule has 3 rings (SSSR count). The number of thiophene rings is 1. The molecule has 0 aliphatic rings. The van der Waals surface area contributed by atoms with Crippen LogP contribution in [0, 0.1) is 6.92 Å². The van der Waals surface area contributed by atoms with E-state index >= 15 is 0 Å². The number of aryl methyl sites for hydroxylation is 1. The zero-order valence-corrected chi connectivity index (χ0v) is 14.7. The molecule has 128 valence electrons. The van der Waals surface area contributed by atoms with Gasteiger partial charge in [-0.2, -0.15) is 5.10 Å². The van der Waals surface area contributed by atoms with Gasteiger partial charge in [-0.25, -0.2) is 9.48 Å². The predicted octanol–water partition coefficient (Wildman–Crippen LogP) is 3.67. The number of anilines is 1. The van der Waals surface area contributed by atoms with E-state index in [0.29, 0.717) is 22.0 Å². The summed E-state index contributed by atoms with van der Waals surface area (Å²) in [5.74, 6) is -0.614. The number of hydrogen-bond acceptors (Lipinski definition) is 5. The average molecular weight is 355 g/mol. The summed E-state index contributed by atoms with van der Waals surface area (Å²) in [6.45, 7) is 3.89. The smallest absolute Gasteiger partial charge is 0.348 e. The van der Waals surface area contributed by atoms with E-state index in [1.165, 1.54) is 11.3 Å². The van der Waals surface area contributed by atoms with E-state index in [4.69, 9.17) is 4.74 Å². The summed E-state index contributed by atoms with van der Waals surface area (Å²) in [5, 5.41) is 7.60. The Morgan fingerprint density at radius 3 is 2.84 bits per heavy atom. The molecule has 0 unspecified atom stereocenters. The first-order valence-corrected chi connectivity index (χ1v) is 8.59. The Labute approximate surface area is 149 Å². The topological polar surface area (TPSA) is 73.2 Å². The van der Waals surface area contributed by atoms with Crippen molar-refractivity contribution in [3.63, 3.8) is 0 Å². The van der Waals surface area contributed by atoms with Crippen LogP contribution in [0.2, 0.25) is 0 Å². The zero-order chi connectivity index (χ0) is 17.8. The van der Waals surface area contributed by atoms with Crippen LogP contribution in [-0.2, 0) is 4.74 Å². The van der Waals surface area contributed by atoms with Crippen molar-refractivity contribution >= 4 is 28.2 Å². The third kappa shape index (κ3) is 3.77. The fraction of sp³-hybridized carbons (Fsp3) is 0.167. The fourth-order valence-electron chi connectivity index (χ4n) is 2.34. The quantitative estimate of drug-likeness (QED) is 0.709. The van der Waals surface area contributed by atoms with Crippen LogP contribution in [0.5, 0.6) is 0 Å². The second-order valence-corrected chi connectivity index (χ2v) is 6.35. The molecular weight excluding hydrogens is 338 g/mol. The second kappa shape index (κ2) is 7.31. The monoisotopic (exact) mass is 355 g/mol. The number of amides is 1. The molecule has 0 aliphatic heterocycles. The van der Waals surface area contributed by atoms with Gasteiger partial charge in [-0.15, -0.1) is 11.3 Å². The van der Waals surface area contributed by atoms with Gasteiger partial charge >= 0.3 is 5.97 Å². The van der Waals surface area contributed by atoms with Crippen LogP contribution in [0.15, 0.2) is 48.8 Å². The van der Waals surface area contributed by atoms with Gasteiger partial charge < -0.3 is 10.1 Å². The van der Waals surface area contributed by atoms with Crippen molar-refractivity contribution in [1.29, 1.82) is 0 Å². The van der Waals surface area contributed by atoms with Gasteiger partial charge in [-0.1, -0.05) is 6.07 Å². The Morgan fingerprint density at radius 2 is 2.12 bits per heavy atom. The molecule has 25 heavy (non-hydrogen) atoms. The maximum absolute atomic E-state index is 12.5. The van der Waals surface area contributed by atoms with Crippen LogP contribution in [0.1, 0.15) is 32.5 Å². The lowest BCUT2D eigenvalue weighted by atomic mass is 10.2. The van der Waals surface area contributed by atoms with Gasteiger partial charge in [0.05, 0.1) is 17.3 Å². The van der Waals surface area contributed by atoms with Crippen LogP contribution in [0.4, 0.5) is 5.00 Å². The summed E-state index contributed by atoms with van der Waals surface area (Å²) < 4.78 is 6.70. The van der Waals surface area contributed by atoms with Crippen molar-refractivity contribution in [2.45, 2.75) is 13.8 Å². The highest BCUT2D eigenvalue weighted by molar-refractivity contribution is 7.18. The van der Waals surface area contributed by atoms with E-state index < -0.39 is 0 Å². The minimum absolute atomic E-state index is 0.245. The van der Waals surface area contributed by atoms with E-state index in [1.807, 2.05) is 25.3 Å². The summed E-state index contributed by atoms with van der Waals surface area (Å²) in [6.07, 6.45) is 3.49. The average Bonchev–Trinajstić information content (AvgIpc) is 3.25. The first kappa shape index (κ1) is 16.9. The Balaban J connectivity index is 1.78. The number of carbonyl (C=O) groups is 2. The third-order valence-electron chi connectivity index (χ3n) is 3.49. The molecule has 3 aromatic rings. The van der Waals surface area contributed by atoms with Crippen molar-refractivity contribution in [3.8, 4) is 5.69 Å². The lowest BCUT2D eigenvalue weighted by Gasteiger charge is -2.05. The standard InChI is InChI=1S/C18H17N3O3S/c1-3-24-18(23)16-12(2)10-15(25-16)20-17(22)13-6-4-7-14(11-13)21-9-5-8-19-21/h4-11H,3H2,1-2H3,(H,20,22). The highest BCUT2D eigenvalue weighted by Crippen LogP contribution is 2.28. The highest BCUT2D eigenvalue weighted by atomic mass is 32.1. The summed E-state index contributed by atoms with van der Waals surface area (Å²) in [6, 6.07) is 10.8. The third-order valence-corrected chi connectivity index (χ3v) is 4.63. The van der Waals surface area contributed by atoms with Gasteiger partial charge in [0, 0.05) is 18.0 Å². The van der Waals surface area contributed by atoms with Crippen LogP contribution >= 0.6 is 11.3 Å². The number of esters is 1. The van der Waals surface area contributed by atoms with E-state index in [9.17, 15) is 9.59 Å². The van der Waals surface area contributed by atoms with E-state index in [-0.39, 0.29) is 11.9 Å². The fourth-order valence-corrected chi connectivity index (χ4v) is 3.30. The lowest BCUT2D eigenvalue weighted by Crippen LogP contribution is -2.11. The largest absolute Gasteiger partial charge is 0.462 e. The van der Waals surface area contributed by atoms with Crippen molar-refractivity contribution < 1.29 is 14.3 Å². The maximum Gasteiger partial charge on any atom is 0.348 e. The summed E-state index contributed by atoms with van der Waals surface area (Å²) in [5.41, 5.74) is 2.09. The summed E-state index contributed by atoms with van der Waals surface area (Å²) in [4.78, 5) is 24.9. The predicted molar refractivity (Wildman–Crippen MR) is 96.5 cm³/mol. The van der Waals surface area contributed by atoms with Crippen LogP contribution in [-0.4, -0.2) is 28.3 Å². The van der Waals surface area contributed by atoms with Crippen LogP contribution in [0.3, 0.4) is 0 Å². The molecular formula is C18H17N3O3S.